The van der Waals surface area contributed by atoms with Crippen LogP contribution in [0.4, 0.5) is 4.79 Å². The average molecular weight is 444 g/mol. The molecule has 2 aromatic rings. The summed E-state index contributed by atoms with van der Waals surface area (Å²) >= 11 is -0.424. The molecule has 2 fully saturated rings. The molecule has 2 saturated heterocycles. The van der Waals surface area contributed by atoms with E-state index < -0.39 is 39.2 Å². The third kappa shape index (κ3) is 3.96. The quantitative estimate of drug-likeness (QED) is 0.518. The van der Waals surface area contributed by atoms with E-state index in [4.69, 9.17) is 9.47 Å². The van der Waals surface area contributed by atoms with Crippen molar-refractivity contribution in [3.63, 3.8) is 0 Å². The fraction of sp³-hybridized carbons (Fsp3) is 0.286. The monoisotopic (exact) mass is 445 g/mol. The summed E-state index contributed by atoms with van der Waals surface area (Å²) in [4.78, 5) is 38.9. The first-order chi connectivity index (χ1) is 13.6. The van der Waals surface area contributed by atoms with Crippen LogP contribution in [0, 0.1) is 0 Å². The SMILES string of the molecule is O=C1C[C@@H]2[C@@H](C[C@@H](C(=O)[Se]c3ccccc3)N2C(=O)OCc2ccccc2)O1. The first-order valence-corrected chi connectivity index (χ1v) is 10.8. The van der Waals surface area contributed by atoms with Crippen molar-refractivity contribution >= 4 is 36.2 Å². The Hall–Kier alpha value is -2.63. The number of rotatable bonds is 5. The molecule has 0 spiro atoms. The molecule has 2 aliphatic heterocycles. The summed E-state index contributed by atoms with van der Waals surface area (Å²) in [5, 5.41) is 0. The second-order valence-electron chi connectivity index (χ2n) is 6.73. The van der Waals surface area contributed by atoms with Crippen LogP contribution in [-0.2, 0) is 25.7 Å². The van der Waals surface area contributed by atoms with Crippen LogP contribution in [-0.4, -0.2) is 54.8 Å². The Labute approximate surface area is 169 Å². The topological polar surface area (TPSA) is 72.9 Å². The summed E-state index contributed by atoms with van der Waals surface area (Å²) in [5.41, 5.74) is 0.863. The van der Waals surface area contributed by atoms with Gasteiger partial charge in [-0.3, -0.25) is 0 Å². The zero-order chi connectivity index (χ0) is 19.5. The van der Waals surface area contributed by atoms with Gasteiger partial charge in [0.15, 0.2) is 0 Å². The molecule has 0 bridgehead atoms. The average Bonchev–Trinajstić information content (AvgIpc) is 3.23. The molecule has 1 amide bonds. The first-order valence-electron chi connectivity index (χ1n) is 9.07. The number of likely N-dealkylation sites (tertiary alicyclic amines) is 1. The van der Waals surface area contributed by atoms with Gasteiger partial charge in [-0.2, -0.15) is 0 Å². The molecular weight excluding hydrogens is 425 g/mol. The number of benzene rings is 2. The molecule has 28 heavy (non-hydrogen) atoms. The van der Waals surface area contributed by atoms with Crippen molar-refractivity contribution < 1.29 is 23.9 Å². The Morgan fingerprint density at radius 1 is 1.07 bits per heavy atom. The molecule has 144 valence electrons. The van der Waals surface area contributed by atoms with Crippen molar-refractivity contribution in [2.24, 2.45) is 0 Å². The summed E-state index contributed by atoms with van der Waals surface area (Å²) in [5.74, 6) is -0.338. The van der Waals surface area contributed by atoms with Crippen LogP contribution in [0.2, 0.25) is 0 Å². The molecule has 0 aromatic heterocycles. The number of esters is 1. The van der Waals surface area contributed by atoms with Gasteiger partial charge in [0.25, 0.3) is 0 Å². The maximum atomic E-state index is 13.0. The van der Waals surface area contributed by atoms with Crippen molar-refractivity contribution in [2.75, 3.05) is 0 Å². The van der Waals surface area contributed by atoms with Crippen molar-refractivity contribution in [1.29, 1.82) is 0 Å². The van der Waals surface area contributed by atoms with Crippen LogP contribution in [0.15, 0.2) is 60.7 Å². The van der Waals surface area contributed by atoms with Crippen molar-refractivity contribution in [2.45, 2.75) is 37.6 Å². The number of carbonyl (C=O) groups excluding carboxylic acids is 3. The number of carbonyl (C=O) groups is 3. The summed E-state index contributed by atoms with van der Waals surface area (Å²) in [6.07, 6.45) is -0.563. The zero-order valence-electron chi connectivity index (χ0n) is 15.0. The Morgan fingerprint density at radius 2 is 1.75 bits per heavy atom. The van der Waals surface area contributed by atoms with E-state index in [-0.39, 0.29) is 23.7 Å². The van der Waals surface area contributed by atoms with Gasteiger partial charge in [-0.15, -0.1) is 0 Å². The third-order valence-corrected chi connectivity index (χ3v) is 6.94. The fourth-order valence-electron chi connectivity index (χ4n) is 3.58. The first kappa shape index (κ1) is 18.7. The fourth-order valence-corrected chi connectivity index (χ4v) is 5.41. The number of ether oxygens (including phenoxy) is 2. The van der Waals surface area contributed by atoms with E-state index in [1.807, 2.05) is 60.7 Å². The maximum absolute atomic E-state index is 13.0. The van der Waals surface area contributed by atoms with Gasteiger partial charge in [0.1, 0.15) is 0 Å². The minimum absolute atomic E-state index is 0.0131. The summed E-state index contributed by atoms with van der Waals surface area (Å²) in [6, 6.07) is 17.8. The van der Waals surface area contributed by atoms with E-state index in [0.29, 0.717) is 6.42 Å². The zero-order valence-corrected chi connectivity index (χ0v) is 16.7. The van der Waals surface area contributed by atoms with Crippen LogP contribution >= 0.6 is 0 Å². The molecule has 2 aliphatic rings. The molecule has 2 heterocycles. The Balaban J connectivity index is 1.49. The third-order valence-electron chi connectivity index (χ3n) is 4.89. The van der Waals surface area contributed by atoms with Gasteiger partial charge in [-0.05, 0) is 0 Å². The molecule has 4 rings (SSSR count). The van der Waals surface area contributed by atoms with Crippen LogP contribution in [0.5, 0.6) is 0 Å². The number of hydrogen-bond donors (Lipinski definition) is 0. The van der Waals surface area contributed by atoms with E-state index in [1.165, 1.54) is 4.90 Å². The van der Waals surface area contributed by atoms with Gasteiger partial charge in [0, 0.05) is 0 Å². The predicted octanol–water partition coefficient (Wildman–Crippen LogP) is 1.64. The van der Waals surface area contributed by atoms with Crippen molar-refractivity contribution in [3.8, 4) is 0 Å². The Kier molecular flexibility index (Phi) is 5.46. The van der Waals surface area contributed by atoms with Gasteiger partial charge in [0.2, 0.25) is 0 Å². The summed E-state index contributed by atoms with van der Waals surface area (Å²) < 4.78 is 11.7. The summed E-state index contributed by atoms with van der Waals surface area (Å²) in [6.45, 7) is 0.118. The van der Waals surface area contributed by atoms with Crippen LogP contribution < -0.4 is 4.46 Å². The number of hydrogen-bond acceptors (Lipinski definition) is 5. The van der Waals surface area contributed by atoms with Crippen molar-refractivity contribution in [1.82, 2.24) is 4.90 Å². The van der Waals surface area contributed by atoms with Gasteiger partial charge >= 0.3 is 169 Å². The predicted molar refractivity (Wildman–Crippen MR) is 102 cm³/mol. The molecular formula is C21H19NO5Se. The Morgan fingerprint density at radius 3 is 2.46 bits per heavy atom. The number of amides is 1. The molecule has 3 atom stereocenters. The van der Waals surface area contributed by atoms with E-state index in [0.717, 1.165) is 10.0 Å². The molecule has 0 radical (unpaired) electrons. The van der Waals surface area contributed by atoms with Gasteiger partial charge in [-0.1, -0.05) is 0 Å². The van der Waals surface area contributed by atoms with Crippen LogP contribution in [0.25, 0.3) is 0 Å². The molecule has 0 unspecified atom stereocenters. The molecule has 0 N–H and O–H groups in total. The molecule has 2 aromatic carbocycles. The van der Waals surface area contributed by atoms with Gasteiger partial charge < -0.3 is 0 Å². The van der Waals surface area contributed by atoms with Gasteiger partial charge in [-0.25, -0.2) is 0 Å². The second-order valence-corrected chi connectivity index (χ2v) is 8.99. The Bertz CT molecular complexity index is 873. The number of nitrogens with zero attached hydrogens (tertiary/aromatic N) is 1. The second kappa shape index (κ2) is 8.17. The van der Waals surface area contributed by atoms with E-state index in [1.54, 1.807) is 0 Å². The molecule has 6 nitrogen and oxygen atoms in total. The van der Waals surface area contributed by atoms with E-state index in [9.17, 15) is 14.4 Å². The molecule has 7 heteroatoms. The van der Waals surface area contributed by atoms with Gasteiger partial charge in [0.05, 0.1) is 0 Å². The van der Waals surface area contributed by atoms with Crippen LogP contribution in [0.3, 0.4) is 0 Å². The van der Waals surface area contributed by atoms with E-state index >= 15 is 0 Å². The molecule has 0 aliphatic carbocycles. The van der Waals surface area contributed by atoms with Crippen molar-refractivity contribution in [3.05, 3.63) is 66.2 Å². The normalized spacial score (nSPS) is 23.2. The van der Waals surface area contributed by atoms with Crippen LogP contribution in [0.1, 0.15) is 18.4 Å². The van der Waals surface area contributed by atoms with E-state index in [2.05, 4.69) is 0 Å². The summed E-state index contributed by atoms with van der Waals surface area (Å²) in [7, 11) is 0. The molecule has 0 saturated carbocycles. The standard InChI is InChI=1S/C21H19NO5Se/c23-19-12-16-18(27-19)11-17(20(24)28-15-9-5-2-6-10-15)22(16)21(25)26-13-14-7-3-1-4-8-14/h1-10,16-18H,11-13H2/t16-,17+,18-/m1/s1. The number of fused-ring (bicyclic) bond motifs is 1. The minimum atomic E-state index is -0.619.